The van der Waals surface area contributed by atoms with Gasteiger partial charge in [0, 0.05) is 4.88 Å². The third-order valence-corrected chi connectivity index (χ3v) is 4.95. The fraction of sp³-hybridized carbons (Fsp3) is 0.308. The van der Waals surface area contributed by atoms with Gasteiger partial charge < -0.3 is 5.11 Å². The Bertz CT molecular complexity index is 578. The number of carboxylic acids is 1. The topological polar surface area (TPSA) is 57.6 Å². The standard InChI is InChI=1S/C13H13NO3S3/c1-7(2)10(12(16)17)14-11(15)9(20-13(14)18)6-8-4-3-5-19-8/h3-7,10H,1-2H3,(H,16,17)/b9-6-/t10-/m1/s1. The molecule has 1 aromatic rings. The normalized spacial score (nSPS) is 19.1. The Morgan fingerprint density at radius 3 is 2.70 bits per heavy atom. The first-order valence-electron chi connectivity index (χ1n) is 5.95. The summed E-state index contributed by atoms with van der Waals surface area (Å²) in [4.78, 5) is 26.4. The summed E-state index contributed by atoms with van der Waals surface area (Å²) in [5, 5.41) is 11.2. The summed E-state index contributed by atoms with van der Waals surface area (Å²) >= 11 is 7.84. The summed E-state index contributed by atoms with van der Waals surface area (Å²) in [5.74, 6) is -1.57. The lowest BCUT2D eigenvalue weighted by molar-refractivity contribution is -0.146. The van der Waals surface area contributed by atoms with E-state index in [9.17, 15) is 14.7 Å². The number of thioether (sulfide) groups is 1. The molecule has 0 bridgehead atoms. The predicted molar refractivity (Wildman–Crippen MR) is 85.6 cm³/mol. The Morgan fingerprint density at radius 2 is 2.20 bits per heavy atom. The first-order valence-corrected chi connectivity index (χ1v) is 8.05. The van der Waals surface area contributed by atoms with Crippen LogP contribution in [0.3, 0.4) is 0 Å². The van der Waals surface area contributed by atoms with Crippen LogP contribution in [-0.4, -0.2) is 32.2 Å². The SMILES string of the molecule is CC(C)[C@H](C(=O)O)N1C(=O)/C(=C/c2cccs2)SC1=S. The summed E-state index contributed by atoms with van der Waals surface area (Å²) in [5.41, 5.74) is 0. The molecule has 1 aliphatic heterocycles. The van der Waals surface area contributed by atoms with Crippen molar-refractivity contribution in [3.8, 4) is 0 Å². The zero-order valence-electron chi connectivity index (χ0n) is 10.9. The van der Waals surface area contributed by atoms with Crippen LogP contribution < -0.4 is 0 Å². The lowest BCUT2D eigenvalue weighted by Crippen LogP contribution is -2.47. The van der Waals surface area contributed by atoms with Gasteiger partial charge in [-0.05, 0) is 23.4 Å². The predicted octanol–water partition coefficient (Wildman–Crippen LogP) is 3.06. The highest BCUT2D eigenvalue weighted by molar-refractivity contribution is 8.26. The lowest BCUT2D eigenvalue weighted by atomic mass is 10.0. The van der Waals surface area contributed by atoms with Gasteiger partial charge in [-0.15, -0.1) is 11.3 Å². The van der Waals surface area contributed by atoms with Crippen LogP contribution in [0, 0.1) is 5.92 Å². The van der Waals surface area contributed by atoms with Crippen molar-refractivity contribution in [3.63, 3.8) is 0 Å². The van der Waals surface area contributed by atoms with Gasteiger partial charge in [0.1, 0.15) is 10.4 Å². The van der Waals surface area contributed by atoms with Crippen molar-refractivity contribution < 1.29 is 14.7 Å². The van der Waals surface area contributed by atoms with E-state index in [-0.39, 0.29) is 11.8 Å². The molecule has 0 saturated carbocycles. The Hall–Kier alpha value is -1.18. The Morgan fingerprint density at radius 1 is 1.50 bits per heavy atom. The molecule has 1 amide bonds. The number of rotatable bonds is 4. The van der Waals surface area contributed by atoms with Crippen LogP contribution in [0.2, 0.25) is 0 Å². The van der Waals surface area contributed by atoms with E-state index in [0.29, 0.717) is 9.23 Å². The number of hydrogen-bond donors (Lipinski definition) is 1. The molecule has 4 nitrogen and oxygen atoms in total. The van der Waals surface area contributed by atoms with Crippen molar-refractivity contribution in [1.82, 2.24) is 4.90 Å². The quantitative estimate of drug-likeness (QED) is 0.680. The summed E-state index contributed by atoms with van der Waals surface area (Å²) in [6.07, 6.45) is 1.75. The van der Waals surface area contributed by atoms with Crippen molar-refractivity contribution in [2.24, 2.45) is 5.92 Å². The maximum Gasteiger partial charge on any atom is 0.327 e. The monoisotopic (exact) mass is 327 g/mol. The molecule has 0 aliphatic carbocycles. The van der Waals surface area contributed by atoms with E-state index >= 15 is 0 Å². The Kier molecular flexibility index (Phi) is 4.62. The van der Waals surface area contributed by atoms with E-state index in [2.05, 4.69) is 0 Å². The highest BCUT2D eigenvalue weighted by Gasteiger charge is 2.41. The van der Waals surface area contributed by atoms with Crippen molar-refractivity contribution in [2.75, 3.05) is 0 Å². The Balaban J connectivity index is 2.31. The molecule has 2 heterocycles. The maximum absolute atomic E-state index is 12.4. The Labute approximate surface area is 130 Å². The zero-order chi connectivity index (χ0) is 14.9. The molecular weight excluding hydrogens is 314 g/mol. The second-order valence-electron chi connectivity index (χ2n) is 4.59. The highest BCUT2D eigenvalue weighted by Crippen LogP contribution is 2.35. The van der Waals surface area contributed by atoms with Gasteiger partial charge in [0.05, 0.1) is 4.91 Å². The van der Waals surface area contributed by atoms with Gasteiger partial charge in [-0.1, -0.05) is 43.9 Å². The van der Waals surface area contributed by atoms with E-state index in [4.69, 9.17) is 12.2 Å². The molecule has 0 spiro atoms. The van der Waals surface area contributed by atoms with Gasteiger partial charge in [-0.25, -0.2) is 4.79 Å². The number of carbonyl (C=O) groups is 2. The summed E-state index contributed by atoms with van der Waals surface area (Å²) in [6.45, 7) is 3.53. The first kappa shape index (κ1) is 15.2. The van der Waals surface area contributed by atoms with Crippen LogP contribution in [0.25, 0.3) is 6.08 Å². The van der Waals surface area contributed by atoms with Crippen molar-refractivity contribution in [1.29, 1.82) is 0 Å². The molecule has 0 aromatic carbocycles. The number of nitrogens with zero attached hydrogens (tertiary/aromatic N) is 1. The van der Waals surface area contributed by atoms with Gasteiger partial charge >= 0.3 is 5.97 Å². The van der Waals surface area contributed by atoms with Crippen molar-refractivity contribution >= 4 is 57.6 Å². The van der Waals surface area contributed by atoms with Gasteiger partial charge in [-0.3, -0.25) is 9.69 Å². The van der Waals surface area contributed by atoms with Crippen molar-refractivity contribution in [3.05, 3.63) is 27.3 Å². The number of aliphatic carboxylic acids is 1. The zero-order valence-corrected chi connectivity index (χ0v) is 13.3. The van der Waals surface area contributed by atoms with Crippen LogP contribution in [0.15, 0.2) is 22.4 Å². The first-order chi connectivity index (χ1) is 9.41. The van der Waals surface area contributed by atoms with Gasteiger partial charge in [0.15, 0.2) is 0 Å². The largest absolute Gasteiger partial charge is 0.480 e. The van der Waals surface area contributed by atoms with Gasteiger partial charge in [-0.2, -0.15) is 0 Å². The second kappa shape index (κ2) is 6.07. The third kappa shape index (κ3) is 2.94. The molecule has 1 aliphatic rings. The number of thiophene rings is 1. The number of hydrogen-bond acceptors (Lipinski definition) is 5. The maximum atomic E-state index is 12.4. The number of thiocarbonyl (C=S) groups is 1. The molecule has 1 atom stereocenters. The molecule has 1 N–H and O–H groups in total. The average Bonchev–Trinajstić information content (AvgIpc) is 2.93. The molecule has 0 unspecified atom stereocenters. The van der Waals surface area contributed by atoms with Crippen LogP contribution in [0.4, 0.5) is 0 Å². The minimum absolute atomic E-state index is 0.212. The number of carbonyl (C=O) groups excluding carboxylic acids is 1. The summed E-state index contributed by atoms with van der Waals surface area (Å²) < 4.78 is 0.305. The van der Waals surface area contributed by atoms with Crippen LogP contribution in [0.5, 0.6) is 0 Å². The molecule has 1 fully saturated rings. The van der Waals surface area contributed by atoms with Crippen LogP contribution >= 0.6 is 35.3 Å². The van der Waals surface area contributed by atoms with Gasteiger partial charge in [0.25, 0.3) is 5.91 Å². The van der Waals surface area contributed by atoms with Crippen LogP contribution in [-0.2, 0) is 9.59 Å². The number of amides is 1. The fourth-order valence-corrected chi connectivity index (χ4v) is 3.97. The van der Waals surface area contributed by atoms with Gasteiger partial charge in [0.2, 0.25) is 0 Å². The summed E-state index contributed by atoms with van der Waals surface area (Å²) in [7, 11) is 0. The highest BCUT2D eigenvalue weighted by atomic mass is 32.2. The fourth-order valence-electron chi connectivity index (χ4n) is 1.92. The molecular formula is C13H13NO3S3. The van der Waals surface area contributed by atoms with E-state index < -0.39 is 12.0 Å². The van der Waals surface area contributed by atoms with E-state index in [0.717, 1.165) is 16.6 Å². The molecule has 0 radical (unpaired) electrons. The van der Waals surface area contributed by atoms with E-state index in [1.165, 1.54) is 16.2 Å². The molecule has 7 heteroatoms. The van der Waals surface area contributed by atoms with Crippen LogP contribution in [0.1, 0.15) is 18.7 Å². The minimum atomic E-state index is -1.03. The molecule has 106 valence electrons. The molecule has 20 heavy (non-hydrogen) atoms. The summed E-state index contributed by atoms with van der Waals surface area (Å²) in [6, 6.07) is 2.87. The smallest absolute Gasteiger partial charge is 0.327 e. The second-order valence-corrected chi connectivity index (χ2v) is 7.25. The van der Waals surface area contributed by atoms with Crippen molar-refractivity contribution in [2.45, 2.75) is 19.9 Å². The minimum Gasteiger partial charge on any atom is -0.480 e. The molecule has 2 rings (SSSR count). The number of carboxylic acid groups (broad SMARTS) is 1. The third-order valence-electron chi connectivity index (χ3n) is 2.80. The van der Waals surface area contributed by atoms with E-state index in [1.54, 1.807) is 19.9 Å². The average molecular weight is 327 g/mol. The lowest BCUT2D eigenvalue weighted by Gasteiger charge is -2.26. The molecule has 1 aromatic heterocycles. The van der Waals surface area contributed by atoms with E-state index in [1.807, 2.05) is 17.5 Å². The molecule has 1 saturated heterocycles.